The smallest absolute Gasteiger partial charge is 0.287 e. The van der Waals surface area contributed by atoms with Crippen molar-refractivity contribution < 1.29 is 9.66 Å². The van der Waals surface area contributed by atoms with Gasteiger partial charge in [0, 0.05) is 9.79 Å². The molecule has 0 heterocycles. The maximum atomic E-state index is 11.6. The Morgan fingerprint density at radius 2 is 1.30 bits per heavy atom. The summed E-state index contributed by atoms with van der Waals surface area (Å²) in [7, 11) is 1.53. The summed E-state index contributed by atoms with van der Waals surface area (Å²) in [5, 5.41) is 11.6. The van der Waals surface area contributed by atoms with Crippen LogP contribution in [0.3, 0.4) is 0 Å². The molecule has 0 saturated heterocycles. The predicted molar refractivity (Wildman–Crippen MR) is 110 cm³/mol. The molecule has 4 nitrogen and oxygen atoms in total. The topological polar surface area (TPSA) is 52.4 Å². The highest BCUT2D eigenvalue weighted by atomic mass is 32.2. The van der Waals surface area contributed by atoms with E-state index in [1.165, 1.54) is 42.3 Å². The van der Waals surface area contributed by atoms with Gasteiger partial charge in [0.25, 0.3) is 5.69 Å². The molecular formula is C21H19NO3S2. The van der Waals surface area contributed by atoms with Crippen molar-refractivity contribution in [1.29, 1.82) is 0 Å². The first-order chi connectivity index (χ1) is 13.0. The van der Waals surface area contributed by atoms with E-state index in [4.69, 9.17) is 4.74 Å². The van der Waals surface area contributed by atoms with Crippen LogP contribution in [0.25, 0.3) is 0 Å². The van der Waals surface area contributed by atoms with Crippen LogP contribution in [-0.4, -0.2) is 12.0 Å². The molecule has 3 aromatic rings. The molecule has 0 N–H and O–H groups in total. The Labute approximate surface area is 167 Å². The predicted octanol–water partition coefficient (Wildman–Crippen LogP) is 6.52. The van der Waals surface area contributed by atoms with Crippen LogP contribution in [0, 0.1) is 24.0 Å². The van der Waals surface area contributed by atoms with Gasteiger partial charge in [0.1, 0.15) is 5.75 Å². The van der Waals surface area contributed by atoms with Gasteiger partial charge in [-0.3, -0.25) is 10.1 Å². The molecule has 3 rings (SSSR count). The third kappa shape index (κ3) is 4.84. The summed E-state index contributed by atoms with van der Waals surface area (Å²) in [6, 6.07) is 19.4. The van der Waals surface area contributed by atoms with Crippen LogP contribution in [0.2, 0.25) is 0 Å². The first kappa shape index (κ1) is 19.3. The fourth-order valence-electron chi connectivity index (χ4n) is 2.46. The Morgan fingerprint density at radius 3 is 1.74 bits per heavy atom. The molecule has 0 aliphatic carbocycles. The molecule has 0 fully saturated rings. The third-order valence-corrected chi connectivity index (χ3v) is 6.04. The lowest BCUT2D eigenvalue weighted by Gasteiger charge is -2.11. The summed E-state index contributed by atoms with van der Waals surface area (Å²) in [5.41, 5.74) is 2.38. The Bertz CT molecular complexity index is 954. The second kappa shape index (κ2) is 8.50. The minimum Gasteiger partial charge on any atom is -0.495 e. The van der Waals surface area contributed by atoms with Crippen molar-refractivity contribution in [3.05, 3.63) is 81.9 Å². The Balaban J connectivity index is 2.00. The van der Waals surface area contributed by atoms with Gasteiger partial charge in [0.15, 0.2) is 0 Å². The van der Waals surface area contributed by atoms with Gasteiger partial charge in [-0.1, -0.05) is 58.9 Å². The van der Waals surface area contributed by atoms with Crippen LogP contribution in [-0.2, 0) is 0 Å². The molecule has 0 saturated carbocycles. The van der Waals surface area contributed by atoms with Crippen molar-refractivity contribution in [2.24, 2.45) is 0 Å². The first-order valence-corrected chi connectivity index (χ1v) is 9.95. The van der Waals surface area contributed by atoms with Gasteiger partial charge in [-0.2, -0.15) is 0 Å². The fraction of sp³-hybridized carbons (Fsp3) is 0.143. The maximum Gasteiger partial charge on any atom is 0.287 e. The molecule has 0 radical (unpaired) electrons. The number of rotatable bonds is 6. The summed E-state index contributed by atoms with van der Waals surface area (Å²) in [6.07, 6.45) is 0. The zero-order valence-corrected chi connectivity index (χ0v) is 16.9. The monoisotopic (exact) mass is 397 g/mol. The molecule has 0 aliphatic rings. The molecule has 3 aromatic carbocycles. The number of aryl methyl sites for hydroxylation is 2. The minimum absolute atomic E-state index is 0.0469. The standard InChI is InChI=1S/C21H19NO3S2/c1-14-4-8-16(9-5-14)26-20-13-21(19(25-3)12-18(20)22(23)24)27-17-10-6-15(2)7-11-17/h4-13H,1-3H3. The van der Waals surface area contributed by atoms with Crippen molar-refractivity contribution >= 4 is 29.2 Å². The average Bonchev–Trinajstić information content (AvgIpc) is 2.65. The van der Waals surface area contributed by atoms with Gasteiger partial charge < -0.3 is 4.74 Å². The maximum absolute atomic E-state index is 11.6. The van der Waals surface area contributed by atoms with E-state index in [0.29, 0.717) is 10.6 Å². The lowest BCUT2D eigenvalue weighted by atomic mass is 10.2. The molecule has 0 bridgehead atoms. The van der Waals surface area contributed by atoms with E-state index in [9.17, 15) is 10.1 Å². The number of hydrogen-bond acceptors (Lipinski definition) is 5. The second-order valence-corrected chi connectivity index (χ2v) is 8.29. The first-order valence-electron chi connectivity index (χ1n) is 8.32. The number of benzene rings is 3. The summed E-state index contributed by atoms with van der Waals surface area (Å²) in [4.78, 5) is 14.7. The minimum atomic E-state index is -0.362. The lowest BCUT2D eigenvalue weighted by Crippen LogP contribution is -1.95. The Hall–Kier alpha value is -2.44. The highest BCUT2D eigenvalue weighted by molar-refractivity contribution is 8.00. The van der Waals surface area contributed by atoms with E-state index in [1.54, 1.807) is 0 Å². The van der Waals surface area contributed by atoms with Gasteiger partial charge in [-0.25, -0.2) is 0 Å². The molecule has 0 atom stereocenters. The largest absolute Gasteiger partial charge is 0.495 e. The average molecular weight is 398 g/mol. The molecule has 138 valence electrons. The van der Waals surface area contributed by atoms with Crippen LogP contribution >= 0.6 is 23.5 Å². The van der Waals surface area contributed by atoms with Crippen LogP contribution < -0.4 is 4.74 Å². The summed E-state index contributed by atoms with van der Waals surface area (Å²) in [6.45, 7) is 4.05. The van der Waals surface area contributed by atoms with Gasteiger partial charge in [0.05, 0.1) is 27.9 Å². The van der Waals surface area contributed by atoms with Crippen molar-refractivity contribution in [3.8, 4) is 5.75 Å². The summed E-state index contributed by atoms with van der Waals surface area (Å²) >= 11 is 2.92. The molecule has 0 aliphatic heterocycles. The Kier molecular flexibility index (Phi) is 6.08. The van der Waals surface area contributed by atoms with Crippen LogP contribution in [0.1, 0.15) is 11.1 Å². The van der Waals surface area contributed by atoms with Crippen molar-refractivity contribution in [1.82, 2.24) is 0 Å². The number of hydrogen-bond donors (Lipinski definition) is 0. The number of nitro benzene ring substituents is 1. The van der Waals surface area contributed by atoms with Crippen molar-refractivity contribution in [2.75, 3.05) is 7.11 Å². The zero-order chi connectivity index (χ0) is 19.4. The van der Waals surface area contributed by atoms with Gasteiger partial charge in [0.2, 0.25) is 0 Å². The number of nitro groups is 1. The molecule has 27 heavy (non-hydrogen) atoms. The zero-order valence-electron chi connectivity index (χ0n) is 15.3. The highest BCUT2D eigenvalue weighted by Crippen LogP contribution is 2.44. The van der Waals surface area contributed by atoms with Crippen molar-refractivity contribution in [3.63, 3.8) is 0 Å². The van der Waals surface area contributed by atoms with E-state index < -0.39 is 0 Å². The fourth-order valence-corrected chi connectivity index (χ4v) is 4.42. The number of ether oxygens (including phenoxy) is 1. The molecular weight excluding hydrogens is 378 g/mol. The van der Waals surface area contributed by atoms with Gasteiger partial charge >= 0.3 is 0 Å². The van der Waals surface area contributed by atoms with E-state index in [0.717, 1.165) is 20.2 Å². The quantitative estimate of drug-likeness (QED) is 0.350. The summed E-state index contributed by atoms with van der Waals surface area (Å²) < 4.78 is 5.42. The SMILES string of the molecule is COc1cc([N+](=O)[O-])c(Sc2ccc(C)cc2)cc1Sc1ccc(C)cc1. The summed E-state index contributed by atoms with van der Waals surface area (Å²) in [5.74, 6) is 0.500. The Morgan fingerprint density at radius 1 is 0.815 bits per heavy atom. The van der Waals surface area contributed by atoms with E-state index in [2.05, 4.69) is 0 Å². The molecule has 0 spiro atoms. The molecule has 0 unspecified atom stereocenters. The lowest BCUT2D eigenvalue weighted by molar-refractivity contribution is -0.387. The molecule has 6 heteroatoms. The molecule has 0 amide bonds. The number of nitrogens with zero attached hydrogens (tertiary/aromatic N) is 1. The van der Waals surface area contributed by atoms with E-state index >= 15 is 0 Å². The van der Waals surface area contributed by atoms with Crippen LogP contribution in [0.4, 0.5) is 5.69 Å². The second-order valence-electron chi connectivity index (χ2n) is 6.06. The van der Waals surface area contributed by atoms with Gasteiger partial charge in [-0.15, -0.1) is 0 Å². The number of methoxy groups -OCH3 is 1. The van der Waals surface area contributed by atoms with Crippen LogP contribution in [0.15, 0.2) is 80.2 Å². The van der Waals surface area contributed by atoms with Crippen molar-refractivity contribution in [2.45, 2.75) is 33.4 Å². The molecule has 0 aromatic heterocycles. The van der Waals surface area contributed by atoms with E-state index in [1.807, 2.05) is 68.4 Å². The van der Waals surface area contributed by atoms with E-state index in [-0.39, 0.29) is 10.6 Å². The normalized spacial score (nSPS) is 10.6. The highest BCUT2D eigenvalue weighted by Gasteiger charge is 2.20. The third-order valence-electron chi connectivity index (χ3n) is 3.94. The van der Waals surface area contributed by atoms with Crippen LogP contribution in [0.5, 0.6) is 5.75 Å². The van der Waals surface area contributed by atoms with Gasteiger partial charge in [-0.05, 0) is 44.2 Å².